The first kappa shape index (κ1) is 12.3. The van der Waals surface area contributed by atoms with E-state index in [2.05, 4.69) is 0 Å². The average Bonchev–Trinajstić information content (AvgIpc) is 1.99. The van der Waals surface area contributed by atoms with Gasteiger partial charge in [-0.2, -0.15) is 0 Å². The van der Waals surface area contributed by atoms with Crippen molar-refractivity contribution in [3.63, 3.8) is 0 Å². The largest absolute Gasteiger partial charge is 0.487 e. The molecule has 0 saturated heterocycles. The normalized spacial score (nSPS) is 11.2. The van der Waals surface area contributed by atoms with Crippen molar-refractivity contribution in [1.82, 2.24) is 0 Å². The summed E-state index contributed by atoms with van der Waals surface area (Å²) in [7, 11) is 0. The summed E-state index contributed by atoms with van der Waals surface area (Å²) in [4.78, 5) is 0.311. The first-order valence-electron chi connectivity index (χ1n) is 4.58. The molecule has 0 saturated carbocycles. The number of ether oxygens (including phenoxy) is 1. The molecule has 1 rings (SSSR count). The van der Waals surface area contributed by atoms with E-state index in [9.17, 15) is 0 Å². The van der Waals surface area contributed by atoms with Crippen LogP contribution in [0, 0.1) is 0 Å². The summed E-state index contributed by atoms with van der Waals surface area (Å²) in [5, 5.41) is 0.606. The van der Waals surface area contributed by atoms with Crippen LogP contribution in [0.15, 0.2) is 18.2 Å². The lowest BCUT2D eigenvalue weighted by Crippen LogP contribution is -2.25. The minimum absolute atomic E-state index is 0.301. The SMILES string of the molecule is CC(C)(C)Oc1cc(Cl)ccc1C(N)=S. The molecule has 1 aromatic carbocycles. The van der Waals surface area contributed by atoms with E-state index >= 15 is 0 Å². The summed E-state index contributed by atoms with van der Waals surface area (Å²) >= 11 is 10.8. The number of hydrogen-bond acceptors (Lipinski definition) is 2. The fourth-order valence-electron chi connectivity index (χ4n) is 1.11. The highest BCUT2D eigenvalue weighted by Crippen LogP contribution is 2.26. The second-order valence-corrected chi connectivity index (χ2v) is 5.10. The van der Waals surface area contributed by atoms with E-state index < -0.39 is 0 Å². The predicted octanol–water partition coefficient (Wildman–Crippen LogP) is 3.15. The Hall–Kier alpha value is -0.800. The van der Waals surface area contributed by atoms with E-state index in [1.807, 2.05) is 20.8 Å². The third kappa shape index (κ3) is 3.68. The molecule has 2 N–H and O–H groups in total. The molecular weight excluding hydrogens is 230 g/mol. The van der Waals surface area contributed by atoms with Crippen LogP contribution in [0.25, 0.3) is 0 Å². The zero-order valence-electron chi connectivity index (χ0n) is 9.00. The summed E-state index contributed by atoms with van der Waals surface area (Å²) in [5.74, 6) is 0.627. The van der Waals surface area contributed by atoms with Crippen LogP contribution >= 0.6 is 23.8 Å². The molecule has 0 heterocycles. The van der Waals surface area contributed by atoms with Gasteiger partial charge in [-0.1, -0.05) is 23.8 Å². The maximum absolute atomic E-state index is 5.89. The standard InChI is InChI=1S/C11H14ClNOS/c1-11(2,3)14-9-6-7(12)4-5-8(9)10(13)15/h4-6H,1-3H3,(H2,13,15). The Labute approximate surface area is 100 Å². The molecule has 0 aliphatic carbocycles. The fourth-order valence-corrected chi connectivity index (χ4v) is 1.44. The molecule has 0 atom stereocenters. The van der Waals surface area contributed by atoms with Crippen molar-refractivity contribution in [1.29, 1.82) is 0 Å². The molecule has 15 heavy (non-hydrogen) atoms. The van der Waals surface area contributed by atoms with Crippen molar-refractivity contribution < 1.29 is 4.74 Å². The fraction of sp³-hybridized carbons (Fsp3) is 0.364. The van der Waals surface area contributed by atoms with E-state index in [0.29, 0.717) is 21.3 Å². The van der Waals surface area contributed by atoms with Gasteiger partial charge in [0.1, 0.15) is 16.3 Å². The van der Waals surface area contributed by atoms with Crippen LogP contribution in [-0.2, 0) is 0 Å². The summed E-state index contributed by atoms with van der Waals surface area (Å²) in [6.45, 7) is 5.87. The molecule has 2 nitrogen and oxygen atoms in total. The lowest BCUT2D eigenvalue weighted by atomic mass is 10.1. The minimum Gasteiger partial charge on any atom is -0.487 e. The average molecular weight is 244 g/mol. The van der Waals surface area contributed by atoms with E-state index in [1.165, 1.54) is 0 Å². The van der Waals surface area contributed by atoms with Crippen molar-refractivity contribution >= 4 is 28.8 Å². The van der Waals surface area contributed by atoms with Gasteiger partial charge in [0.15, 0.2) is 0 Å². The van der Waals surface area contributed by atoms with Crippen molar-refractivity contribution in [2.24, 2.45) is 5.73 Å². The van der Waals surface area contributed by atoms with Gasteiger partial charge in [-0.25, -0.2) is 0 Å². The van der Waals surface area contributed by atoms with E-state index in [-0.39, 0.29) is 5.60 Å². The van der Waals surface area contributed by atoms with Gasteiger partial charge < -0.3 is 10.5 Å². The molecule has 0 fully saturated rings. The molecule has 0 spiro atoms. The van der Waals surface area contributed by atoms with Gasteiger partial charge in [-0.05, 0) is 39.0 Å². The molecule has 82 valence electrons. The molecule has 0 unspecified atom stereocenters. The van der Waals surface area contributed by atoms with Crippen LogP contribution < -0.4 is 10.5 Å². The monoisotopic (exact) mass is 243 g/mol. The maximum atomic E-state index is 5.89. The quantitative estimate of drug-likeness (QED) is 0.811. The Morgan fingerprint density at radius 2 is 2.00 bits per heavy atom. The van der Waals surface area contributed by atoms with Crippen molar-refractivity contribution in [3.05, 3.63) is 28.8 Å². The molecule has 0 aliphatic heterocycles. The van der Waals surface area contributed by atoms with Crippen LogP contribution in [0.2, 0.25) is 5.02 Å². The Morgan fingerprint density at radius 3 is 2.47 bits per heavy atom. The maximum Gasteiger partial charge on any atom is 0.131 e. The predicted molar refractivity (Wildman–Crippen MR) is 67.7 cm³/mol. The first-order valence-corrected chi connectivity index (χ1v) is 5.36. The highest BCUT2D eigenvalue weighted by atomic mass is 35.5. The minimum atomic E-state index is -0.301. The van der Waals surface area contributed by atoms with Crippen molar-refractivity contribution in [3.8, 4) is 5.75 Å². The molecular formula is C11H14ClNOS. The Bertz CT molecular complexity index is 385. The number of benzene rings is 1. The molecule has 4 heteroatoms. The summed E-state index contributed by atoms with van der Waals surface area (Å²) in [6, 6.07) is 5.23. The number of halogens is 1. The second-order valence-electron chi connectivity index (χ2n) is 4.22. The second kappa shape index (κ2) is 4.37. The van der Waals surface area contributed by atoms with E-state index in [0.717, 1.165) is 0 Å². The lowest BCUT2D eigenvalue weighted by Gasteiger charge is -2.23. The molecule has 0 bridgehead atoms. The van der Waals surface area contributed by atoms with Crippen LogP contribution in [0.5, 0.6) is 5.75 Å². The van der Waals surface area contributed by atoms with Gasteiger partial charge in [0.05, 0.1) is 5.56 Å². The molecule has 0 amide bonds. The van der Waals surface area contributed by atoms with Crippen LogP contribution in [0.3, 0.4) is 0 Å². The summed E-state index contributed by atoms with van der Waals surface area (Å²) in [6.07, 6.45) is 0. The Balaban J connectivity index is 3.13. The van der Waals surface area contributed by atoms with Crippen molar-refractivity contribution in [2.45, 2.75) is 26.4 Å². The molecule has 0 aliphatic rings. The van der Waals surface area contributed by atoms with Gasteiger partial charge in [-0.3, -0.25) is 0 Å². The van der Waals surface area contributed by atoms with Crippen LogP contribution in [-0.4, -0.2) is 10.6 Å². The van der Waals surface area contributed by atoms with Gasteiger partial charge in [0.2, 0.25) is 0 Å². The first-order chi connectivity index (χ1) is 6.79. The number of rotatable bonds is 2. The Kier molecular flexibility index (Phi) is 3.58. The van der Waals surface area contributed by atoms with Crippen LogP contribution in [0.1, 0.15) is 26.3 Å². The third-order valence-corrected chi connectivity index (χ3v) is 2.08. The van der Waals surface area contributed by atoms with E-state index in [1.54, 1.807) is 18.2 Å². The summed E-state index contributed by atoms with van der Waals surface area (Å²) < 4.78 is 5.72. The van der Waals surface area contributed by atoms with Gasteiger partial charge >= 0.3 is 0 Å². The van der Waals surface area contributed by atoms with E-state index in [4.69, 9.17) is 34.3 Å². The highest BCUT2D eigenvalue weighted by Gasteiger charge is 2.15. The number of thiocarbonyl (C=S) groups is 1. The topological polar surface area (TPSA) is 35.2 Å². The van der Waals surface area contributed by atoms with Gasteiger partial charge in [0.25, 0.3) is 0 Å². The number of hydrogen-bond donors (Lipinski definition) is 1. The van der Waals surface area contributed by atoms with Gasteiger partial charge in [0, 0.05) is 5.02 Å². The molecule has 0 aromatic heterocycles. The van der Waals surface area contributed by atoms with Crippen LogP contribution in [0.4, 0.5) is 0 Å². The molecule has 0 radical (unpaired) electrons. The third-order valence-electron chi connectivity index (χ3n) is 1.63. The number of nitrogens with two attached hydrogens (primary N) is 1. The van der Waals surface area contributed by atoms with Crippen molar-refractivity contribution in [2.75, 3.05) is 0 Å². The summed E-state index contributed by atoms with van der Waals surface area (Å²) in [5.41, 5.74) is 6.00. The molecule has 1 aromatic rings. The Morgan fingerprint density at radius 1 is 1.40 bits per heavy atom. The van der Waals surface area contributed by atoms with Gasteiger partial charge in [-0.15, -0.1) is 0 Å². The lowest BCUT2D eigenvalue weighted by molar-refractivity contribution is 0.130. The highest BCUT2D eigenvalue weighted by molar-refractivity contribution is 7.80. The zero-order valence-corrected chi connectivity index (χ0v) is 10.6. The zero-order chi connectivity index (χ0) is 11.6. The smallest absolute Gasteiger partial charge is 0.131 e.